The van der Waals surface area contributed by atoms with Crippen LogP contribution in [0.2, 0.25) is 0 Å². The highest BCUT2D eigenvalue weighted by atomic mass is 16.5. The van der Waals surface area contributed by atoms with Crippen LogP contribution in [0.25, 0.3) is 0 Å². The molecule has 0 bridgehead atoms. The fraction of sp³-hybridized carbons (Fsp3) is 0.250. The summed E-state index contributed by atoms with van der Waals surface area (Å²) in [6.07, 6.45) is 0. The maximum atomic E-state index is 7.44. The highest BCUT2D eigenvalue weighted by molar-refractivity contribution is 5.20. The minimum absolute atomic E-state index is 0.0259. The van der Waals surface area contributed by atoms with Gasteiger partial charge in [0.25, 0.3) is 0 Å². The molecule has 7 nitrogen and oxygen atoms in total. The molecule has 2 aromatic rings. The van der Waals surface area contributed by atoms with Crippen LogP contribution in [0.3, 0.4) is 0 Å². The SMILES string of the molecule is Cc1cc(COc2ccc(=N)n(N=N)n2)cc(C)n1. The van der Waals surface area contributed by atoms with Crippen molar-refractivity contribution in [2.45, 2.75) is 20.5 Å². The summed E-state index contributed by atoms with van der Waals surface area (Å²) in [6, 6.07) is 6.93. The first-order valence-corrected chi connectivity index (χ1v) is 5.68. The van der Waals surface area contributed by atoms with Gasteiger partial charge in [-0.15, -0.1) is 9.89 Å². The third-order valence-electron chi connectivity index (χ3n) is 2.42. The molecule has 0 spiro atoms. The Balaban J connectivity index is 2.14. The van der Waals surface area contributed by atoms with Crippen molar-refractivity contribution in [2.75, 3.05) is 0 Å². The summed E-state index contributed by atoms with van der Waals surface area (Å²) >= 11 is 0. The third kappa shape index (κ3) is 3.21. The third-order valence-corrected chi connectivity index (χ3v) is 2.42. The van der Waals surface area contributed by atoms with Crippen molar-refractivity contribution in [1.82, 2.24) is 14.9 Å². The van der Waals surface area contributed by atoms with Crippen molar-refractivity contribution in [1.29, 1.82) is 10.9 Å². The van der Waals surface area contributed by atoms with E-state index in [0.29, 0.717) is 12.5 Å². The summed E-state index contributed by atoms with van der Waals surface area (Å²) in [5, 5.41) is 14.4. The number of nitrogens with one attached hydrogen (secondary N) is 2. The zero-order valence-corrected chi connectivity index (χ0v) is 10.7. The van der Waals surface area contributed by atoms with Gasteiger partial charge in [0.1, 0.15) is 6.61 Å². The second kappa shape index (κ2) is 5.38. The molecule has 0 aromatic carbocycles. The van der Waals surface area contributed by atoms with E-state index in [2.05, 4.69) is 15.3 Å². The average molecular weight is 258 g/mol. The Morgan fingerprint density at radius 3 is 2.58 bits per heavy atom. The molecule has 0 amide bonds. The quantitative estimate of drug-likeness (QED) is 0.817. The Morgan fingerprint density at radius 1 is 1.26 bits per heavy atom. The second-order valence-corrected chi connectivity index (χ2v) is 4.09. The molecule has 0 saturated carbocycles. The second-order valence-electron chi connectivity index (χ2n) is 4.09. The van der Waals surface area contributed by atoms with Crippen molar-refractivity contribution in [3.8, 4) is 5.88 Å². The highest BCUT2D eigenvalue weighted by Crippen LogP contribution is 2.09. The van der Waals surface area contributed by atoms with Gasteiger partial charge in [-0.3, -0.25) is 10.4 Å². The number of ether oxygens (including phenoxy) is 1. The van der Waals surface area contributed by atoms with Gasteiger partial charge in [0, 0.05) is 17.5 Å². The minimum atomic E-state index is 0.0259. The fourth-order valence-electron chi connectivity index (χ4n) is 1.71. The van der Waals surface area contributed by atoms with Gasteiger partial charge in [-0.05, 0) is 37.6 Å². The van der Waals surface area contributed by atoms with Crippen LogP contribution < -0.4 is 10.2 Å². The monoisotopic (exact) mass is 258 g/mol. The first kappa shape index (κ1) is 12.9. The molecule has 7 heteroatoms. The molecule has 0 aliphatic heterocycles. The van der Waals surface area contributed by atoms with Crippen LogP contribution >= 0.6 is 0 Å². The van der Waals surface area contributed by atoms with E-state index >= 15 is 0 Å². The van der Waals surface area contributed by atoms with Crippen molar-refractivity contribution in [3.63, 3.8) is 0 Å². The Labute approximate surface area is 109 Å². The molecule has 0 radical (unpaired) electrons. The van der Waals surface area contributed by atoms with Crippen LogP contribution in [0.5, 0.6) is 5.88 Å². The summed E-state index contributed by atoms with van der Waals surface area (Å²) < 4.78 is 5.51. The Bertz CT molecular complexity index is 643. The minimum Gasteiger partial charge on any atom is -0.472 e. The lowest BCUT2D eigenvalue weighted by atomic mass is 10.2. The lowest BCUT2D eigenvalue weighted by molar-refractivity contribution is 0.283. The lowest BCUT2D eigenvalue weighted by Gasteiger charge is -2.07. The van der Waals surface area contributed by atoms with Crippen LogP contribution in [-0.4, -0.2) is 14.9 Å². The van der Waals surface area contributed by atoms with Crippen molar-refractivity contribution < 1.29 is 4.74 Å². The molecule has 98 valence electrons. The van der Waals surface area contributed by atoms with Crippen LogP contribution in [0.1, 0.15) is 17.0 Å². The maximum Gasteiger partial charge on any atom is 0.233 e. The van der Waals surface area contributed by atoms with Gasteiger partial charge < -0.3 is 4.74 Å². The topological polar surface area (TPSA) is 100 Å². The van der Waals surface area contributed by atoms with E-state index in [9.17, 15) is 0 Å². The van der Waals surface area contributed by atoms with E-state index in [-0.39, 0.29) is 5.49 Å². The van der Waals surface area contributed by atoms with Crippen LogP contribution in [-0.2, 0) is 6.61 Å². The molecule has 2 heterocycles. The predicted octanol–water partition coefficient (Wildman–Crippen LogP) is 1.75. The molecule has 2 rings (SSSR count). The molecule has 2 aromatic heterocycles. The normalized spacial score (nSPS) is 10.2. The van der Waals surface area contributed by atoms with E-state index in [1.807, 2.05) is 26.0 Å². The fourth-order valence-corrected chi connectivity index (χ4v) is 1.71. The molecular formula is C12H14N6O. The standard InChI is InChI=1S/C12H14N6O/c1-8-5-10(6-9(2)15-8)7-19-12-4-3-11(13)18(16-12)17-14/h3-6,13-14H,7H2,1-2H3. The molecule has 0 saturated heterocycles. The van der Waals surface area contributed by atoms with Gasteiger partial charge in [0.15, 0.2) is 5.49 Å². The van der Waals surface area contributed by atoms with Crippen LogP contribution in [0.15, 0.2) is 29.5 Å². The van der Waals surface area contributed by atoms with Gasteiger partial charge in [-0.2, -0.15) is 5.53 Å². The predicted molar refractivity (Wildman–Crippen MR) is 66.7 cm³/mol. The molecule has 19 heavy (non-hydrogen) atoms. The molecule has 2 N–H and O–H groups in total. The summed E-state index contributed by atoms with van der Waals surface area (Å²) in [5.74, 6) is 0.319. The summed E-state index contributed by atoms with van der Waals surface area (Å²) in [4.78, 5) is 5.18. The van der Waals surface area contributed by atoms with Crippen molar-refractivity contribution in [2.24, 2.45) is 5.22 Å². The molecule has 0 aliphatic carbocycles. The van der Waals surface area contributed by atoms with E-state index in [1.54, 1.807) is 6.07 Å². The van der Waals surface area contributed by atoms with Crippen molar-refractivity contribution in [3.05, 3.63) is 46.7 Å². The van der Waals surface area contributed by atoms with Crippen LogP contribution in [0, 0.1) is 24.8 Å². The Kier molecular flexibility index (Phi) is 3.65. The zero-order chi connectivity index (χ0) is 13.8. The number of hydrogen-bond donors (Lipinski definition) is 2. The first-order valence-electron chi connectivity index (χ1n) is 5.68. The highest BCUT2D eigenvalue weighted by Gasteiger charge is 2.01. The number of hydrogen-bond acceptors (Lipinski definition) is 6. The Morgan fingerprint density at radius 2 is 1.95 bits per heavy atom. The molecule has 0 aliphatic rings. The van der Waals surface area contributed by atoms with Gasteiger partial charge in [-0.1, -0.05) is 5.22 Å². The van der Waals surface area contributed by atoms with Crippen LogP contribution in [0.4, 0.5) is 0 Å². The maximum absolute atomic E-state index is 7.44. The molecule has 0 atom stereocenters. The first-order chi connectivity index (χ1) is 9.08. The van der Waals surface area contributed by atoms with E-state index < -0.39 is 0 Å². The zero-order valence-electron chi connectivity index (χ0n) is 10.7. The van der Waals surface area contributed by atoms with Gasteiger partial charge in [-0.25, -0.2) is 0 Å². The summed E-state index contributed by atoms with van der Waals surface area (Å²) in [6.45, 7) is 4.21. The number of aromatic nitrogens is 3. The van der Waals surface area contributed by atoms with Gasteiger partial charge in [0.2, 0.25) is 5.88 Å². The summed E-state index contributed by atoms with van der Waals surface area (Å²) in [5.41, 5.74) is 9.77. The number of pyridine rings is 1. The van der Waals surface area contributed by atoms with Gasteiger partial charge in [0.05, 0.1) is 0 Å². The molecule has 0 unspecified atom stereocenters. The Hall–Kier alpha value is -2.57. The molecular weight excluding hydrogens is 244 g/mol. The summed E-state index contributed by atoms with van der Waals surface area (Å²) in [7, 11) is 0. The smallest absolute Gasteiger partial charge is 0.233 e. The van der Waals surface area contributed by atoms with Gasteiger partial charge >= 0.3 is 0 Å². The largest absolute Gasteiger partial charge is 0.472 e. The number of rotatable bonds is 4. The number of aryl methyl sites for hydroxylation is 2. The molecule has 0 fully saturated rings. The lowest BCUT2D eigenvalue weighted by Crippen LogP contribution is -2.18. The van der Waals surface area contributed by atoms with Crippen molar-refractivity contribution >= 4 is 0 Å². The van der Waals surface area contributed by atoms with E-state index in [0.717, 1.165) is 21.7 Å². The average Bonchev–Trinajstić information content (AvgIpc) is 2.36. The number of nitrogens with zero attached hydrogens (tertiary/aromatic N) is 4. The van der Waals surface area contributed by atoms with E-state index in [1.165, 1.54) is 6.07 Å². The van der Waals surface area contributed by atoms with E-state index in [4.69, 9.17) is 15.7 Å².